The Morgan fingerprint density at radius 3 is 3.29 bits per heavy atom. The quantitative estimate of drug-likeness (QED) is 0.780. The Morgan fingerprint density at radius 2 is 2.53 bits per heavy atom. The van der Waals surface area contributed by atoms with Crippen molar-refractivity contribution >= 4 is 0 Å². The van der Waals surface area contributed by atoms with Gasteiger partial charge >= 0.3 is 0 Å². The Balaban J connectivity index is 1.68. The van der Waals surface area contributed by atoms with Gasteiger partial charge in [0.2, 0.25) is 0 Å². The second-order valence-electron chi connectivity index (χ2n) is 4.36. The molecule has 0 radical (unpaired) electrons. The molecule has 2 rings (SSSR count). The molecular formula is C13H17N3O. The van der Waals surface area contributed by atoms with Crippen LogP contribution in [0.4, 0.5) is 0 Å². The molecule has 1 aliphatic heterocycles. The first-order valence-electron chi connectivity index (χ1n) is 6.02. The Labute approximate surface area is 102 Å². The van der Waals surface area contributed by atoms with Crippen molar-refractivity contribution in [2.24, 2.45) is 5.92 Å². The van der Waals surface area contributed by atoms with Crippen LogP contribution in [-0.2, 0) is 11.3 Å². The smallest absolute Gasteiger partial charge is 0.140 e. The van der Waals surface area contributed by atoms with E-state index in [1.807, 2.05) is 18.2 Å². The number of pyridine rings is 1. The zero-order valence-electron chi connectivity index (χ0n) is 9.85. The lowest BCUT2D eigenvalue weighted by molar-refractivity contribution is 0.184. The minimum Gasteiger partial charge on any atom is -0.381 e. The molecule has 90 valence electrons. The predicted octanol–water partition coefficient (Wildman–Crippen LogP) is 1.47. The summed E-state index contributed by atoms with van der Waals surface area (Å²) in [5.74, 6) is 0.717. The molecular weight excluding hydrogens is 214 g/mol. The monoisotopic (exact) mass is 231 g/mol. The molecule has 0 spiro atoms. The van der Waals surface area contributed by atoms with Gasteiger partial charge < -0.3 is 10.1 Å². The highest BCUT2D eigenvalue weighted by molar-refractivity contribution is 5.25. The number of nitrogens with one attached hydrogen (secondary N) is 1. The maximum Gasteiger partial charge on any atom is 0.140 e. The molecule has 2 heterocycles. The van der Waals surface area contributed by atoms with Crippen molar-refractivity contribution in [1.29, 1.82) is 5.26 Å². The molecule has 1 N–H and O–H groups in total. The molecule has 1 saturated heterocycles. The first-order valence-corrected chi connectivity index (χ1v) is 6.02. The van der Waals surface area contributed by atoms with Crippen molar-refractivity contribution in [3.05, 3.63) is 29.6 Å². The number of nitrogens with zero attached hydrogens (tertiary/aromatic N) is 2. The first-order chi connectivity index (χ1) is 8.38. The fourth-order valence-corrected chi connectivity index (χ4v) is 2.00. The molecule has 1 unspecified atom stereocenters. The molecule has 1 aromatic heterocycles. The molecule has 4 heteroatoms. The van der Waals surface area contributed by atoms with Gasteiger partial charge in [-0.05, 0) is 43.0 Å². The number of ether oxygens (including phenoxy) is 1. The third-order valence-corrected chi connectivity index (χ3v) is 3.02. The SMILES string of the molecule is N#Cc1cc(CNCCC2CCOC2)ccn1. The van der Waals surface area contributed by atoms with Gasteiger partial charge in [0.25, 0.3) is 0 Å². The minimum absolute atomic E-state index is 0.480. The van der Waals surface area contributed by atoms with E-state index in [1.54, 1.807) is 6.20 Å². The molecule has 0 saturated carbocycles. The molecule has 1 fully saturated rings. The van der Waals surface area contributed by atoms with Crippen LogP contribution >= 0.6 is 0 Å². The van der Waals surface area contributed by atoms with Gasteiger partial charge in [0.1, 0.15) is 11.8 Å². The highest BCUT2D eigenvalue weighted by atomic mass is 16.5. The summed E-state index contributed by atoms with van der Waals surface area (Å²) in [6, 6.07) is 5.81. The number of rotatable bonds is 5. The second kappa shape index (κ2) is 6.33. The average molecular weight is 231 g/mol. The molecule has 0 aliphatic carbocycles. The van der Waals surface area contributed by atoms with Crippen molar-refractivity contribution in [2.75, 3.05) is 19.8 Å². The van der Waals surface area contributed by atoms with Gasteiger partial charge in [-0.15, -0.1) is 0 Å². The van der Waals surface area contributed by atoms with Gasteiger partial charge in [-0.3, -0.25) is 0 Å². The van der Waals surface area contributed by atoms with E-state index in [0.717, 1.165) is 44.2 Å². The predicted molar refractivity (Wildman–Crippen MR) is 64.2 cm³/mol. The second-order valence-corrected chi connectivity index (χ2v) is 4.36. The largest absolute Gasteiger partial charge is 0.381 e. The lowest BCUT2D eigenvalue weighted by Gasteiger charge is -2.08. The summed E-state index contributed by atoms with van der Waals surface area (Å²) in [5, 5.41) is 12.1. The lowest BCUT2D eigenvalue weighted by atomic mass is 10.1. The maximum atomic E-state index is 8.73. The van der Waals surface area contributed by atoms with E-state index in [-0.39, 0.29) is 0 Å². The minimum atomic E-state index is 0.480. The van der Waals surface area contributed by atoms with Crippen LogP contribution in [0.25, 0.3) is 0 Å². The Bertz CT molecular complexity index is 394. The van der Waals surface area contributed by atoms with Crippen LogP contribution in [0.15, 0.2) is 18.3 Å². The summed E-state index contributed by atoms with van der Waals surface area (Å²) in [6.45, 7) is 3.62. The topological polar surface area (TPSA) is 57.9 Å². The van der Waals surface area contributed by atoms with E-state index in [0.29, 0.717) is 5.69 Å². The van der Waals surface area contributed by atoms with E-state index in [2.05, 4.69) is 10.3 Å². The van der Waals surface area contributed by atoms with Crippen LogP contribution in [0.1, 0.15) is 24.1 Å². The Hall–Kier alpha value is -1.44. The molecule has 4 nitrogen and oxygen atoms in total. The zero-order chi connectivity index (χ0) is 11.9. The Kier molecular flexibility index (Phi) is 4.48. The number of nitriles is 1. The molecule has 0 amide bonds. The van der Waals surface area contributed by atoms with Crippen LogP contribution in [-0.4, -0.2) is 24.7 Å². The molecule has 17 heavy (non-hydrogen) atoms. The summed E-state index contributed by atoms with van der Waals surface area (Å²) >= 11 is 0. The summed E-state index contributed by atoms with van der Waals surface area (Å²) in [5.41, 5.74) is 1.59. The summed E-state index contributed by atoms with van der Waals surface area (Å²) in [6.07, 6.45) is 4.03. The van der Waals surface area contributed by atoms with Gasteiger partial charge in [0.05, 0.1) is 0 Å². The van der Waals surface area contributed by atoms with Crippen molar-refractivity contribution < 1.29 is 4.74 Å². The highest BCUT2D eigenvalue weighted by Crippen LogP contribution is 2.15. The normalized spacial score (nSPS) is 19.1. The fraction of sp³-hybridized carbons (Fsp3) is 0.538. The first kappa shape index (κ1) is 12.0. The molecule has 1 aliphatic rings. The van der Waals surface area contributed by atoms with Gasteiger partial charge in [0.15, 0.2) is 0 Å². The van der Waals surface area contributed by atoms with E-state index in [4.69, 9.17) is 10.00 Å². The summed E-state index contributed by atoms with van der Waals surface area (Å²) in [7, 11) is 0. The average Bonchev–Trinajstić information content (AvgIpc) is 2.88. The Morgan fingerprint density at radius 1 is 1.59 bits per heavy atom. The van der Waals surface area contributed by atoms with Crippen LogP contribution in [0.3, 0.4) is 0 Å². The van der Waals surface area contributed by atoms with Crippen LogP contribution < -0.4 is 5.32 Å². The highest BCUT2D eigenvalue weighted by Gasteiger charge is 2.14. The van der Waals surface area contributed by atoms with Gasteiger partial charge in [0, 0.05) is 26.0 Å². The zero-order valence-corrected chi connectivity index (χ0v) is 9.85. The number of hydrogen-bond donors (Lipinski definition) is 1. The van der Waals surface area contributed by atoms with E-state index >= 15 is 0 Å². The van der Waals surface area contributed by atoms with Crippen molar-refractivity contribution in [2.45, 2.75) is 19.4 Å². The van der Waals surface area contributed by atoms with Gasteiger partial charge in [-0.25, -0.2) is 4.98 Å². The molecule has 0 bridgehead atoms. The van der Waals surface area contributed by atoms with Crippen LogP contribution in [0, 0.1) is 17.2 Å². The van der Waals surface area contributed by atoms with Crippen molar-refractivity contribution in [1.82, 2.24) is 10.3 Å². The third kappa shape index (κ3) is 3.81. The summed E-state index contributed by atoms with van der Waals surface area (Å²) < 4.78 is 5.33. The van der Waals surface area contributed by atoms with E-state index < -0.39 is 0 Å². The fourth-order valence-electron chi connectivity index (χ4n) is 2.00. The van der Waals surface area contributed by atoms with Crippen molar-refractivity contribution in [3.8, 4) is 6.07 Å². The lowest BCUT2D eigenvalue weighted by Crippen LogP contribution is -2.18. The van der Waals surface area contributed by atoms with E-state index in [9.17, 15) is 0 Å². The molecule has 1 aromatic rings. The maximum absolute atomic E-state index is 8.73. The number of hydrogen-bond acceptors (Lipinski definition) is 4. The standard InChI is InChI=1S/C13H17N3O/c14-8-13-7-12(2-5-16-13)9-15-4-1-11-3-6-17-10-11/h2,5,7,11,15H,1,3-4,6,9-10H2. The summed E-state index contributed by atoms with van der Waals surface area (Å²) in [4.78, 5) is 3.94. The third-order valence-electron chi connectivity index (χ3n) is 3.02. The molecule has 1 atom stereocenters. The number of aromatic nitrogens is 1. The van der Waals surface area contributed by atoms with Crippen molar-refractivity contribution in [3.63, 3.8) is 0 Å². The van der Waals surface area contributed by atoms with Gasteiger partial charge in [-0.1, -0.05) is 0 Å². The van der Waals surface area contributed by atoms with E-state index in [1.165, 1.54) is 6.42 Å². The van der Waals surface area contributed by atoms with Crippen LogP contribution in [0.2, 0.25) is 0 Å². The molecule has 0 aromatic carbocycles. The van der Waals surface area contributed by atoms with Gasteiger partial charge in [-0.2, -0.15) is 5.26 Å². The van der Waals surface area contributed by atoms with Crippen LogP contribution in [0.5, 0.6) is 0 Å².